The monoisotopic (exact) mass is 354 g/mol. The van der Waals surface area contributed by atoms with Gasteiger partial charge < -0.3 is 9.47 Å². The number of aromatic nitrogens is 1. The molecule has 0 bridgehead atoms. The van der Waals surface area contributed by atoms with E-state index >= 15 is 0 Å². The van der Waals surface area contributed by atoms with Crippen molar-refractivity contribution >= 4 is 21.4 Å². The van der Waals surface area contributed by atoms with Gasteiger partial charge >= 0.3 is 0 Å². The molecule has 3 heterocycles. The van der Waals surface area contributed by atoms with Crippen LogP contribution in [0.4, 0.5) is 0 Å². The fourth-order valence-electron chi connectivity index (χ4n) is 2.36. The van der Waals surface area contributed by atoms with Gasteiger partial charge in [0.2, 0.25) is 10.0 Å². The average molecular weight is 354 g/mol. The van der Waals surface area contributed by atoms with Crippen LogP contribution in [0.1, 0.15) is 12.1 Å². The molecule has 3 rings (SSSR count). The molecule has 1 N–H and O–H groups in total. The van der Waals surface area contributed by atoms with Crippen LogP contribution < -0.4 is 4.72 Å². The summed E-state index contributed by atoms with van der Waals surface area (Å²) in [4.78, 5) is 4.20. The van der Waals surface area contributed by atoms with Gasteiger partial charge in [0, 0.05) is 12.8 Å². The second-order valence-electron chi connectivity index (χ2n) is 5.19. The first-order valence-electron chi connectivity index (χ1n) is 7.30. The second-order valence-corrected chi connectivity index (χ2v) is 8.08. The van der Waals surface area contributed by atoms with Crippen molar-refractivity contribution in [3.63, 3.8) is 0 Å². The summed E-state index contributed by atoms with van der Waals surface area (Å²) in [6.45, 7) is 1.21. The minimum atomic E-state index is -3.52. The van der Waals surface area contributed by atoms with Crippen LogP contribution in [0.25, 0.3) is 0 Å². The van der Waals surface area contributed by atoms with Crippen molar-refractivity contribution in [1.29, 1.82) is 0 Å². The Balaban J connectivity index is 1.64. The van der Waals surface area contributed by atoms with Crippen molar-refractivity contribution in [3.05, 3.63) is 47.6 Å². The molecule has 1 saturated heterocycles. The molecule has 2 atom stereocenters. The van der Waals surface area contributed by atoms with Gasteiger partial charge in [0.1, 0.15) is 4.21 Å². The summed E-state index contributed by atoms with van der Waals surface area (Å²) in [5.74, 6) is 0. The van der Waals surface area contributed by atoms with Crippen molar-refractivity contribution in [1.82, 2.24) is 9.71 Å². The summed E-state index contributed by atoms with van der Waals surface area (Å²) in [5.41, 5.74) is 0.804. The topological polar surface area (TPSA) is 77.5 Å². The first-order chi connectivity index (χ1) is 11.1. The molecule has 1 fully saturated rings. The maximum absolute atomic E-state index is 12.4. The van der Waals surface area contributed by atoms with Crippen LogP contribution >= 0.6 is 11.3 Å². The normalized spacial score (nSPS) is 22.1. The number of pyridine rings is 1. The van der Waals surface area contributed by atoms with E-state index in [-0.39, 0.29) is 12.1 Å². The van der Waals surface area contributed by atoms with Crippen LogP contribution in [-0.4, -0.2) is 38.8 Å². The fourth-order valence-corrected chi connectivity index (χ4v) is 4.67. The molecule has 124 valence electrons. The molecule has 0 aromatic carbocycles. The largest absolute Gasteiger partial charge is 0.379 e. The summed E-state index contributed by atoms with van der Waals surface area (Å²) >= 11 is 1.20. The zero-order chi connectivity index (χ0) is 16.1. The van der Waals surface area contributed by atoms with E-state index in [0.717, 1.165) is 5.69 Å². The SMILES string of the molecule is O=S(=O)(N[C@@H]1CCOC[C@H]1OCc1ccccn1)c1cccs1. The molecule has 23 heavy (non-hydrogen) atoms. The molecular weight excluding hydrogens is 336 g/mol. The highest BCUT2D eigenvalue weighted by atomic mass is 32.2. The minimum Gasteiger partial charge on any atom is -0.379 e. The maximum Gasteiger partial charge on any atom is 0.250 e. The molecule has 2 aromatic rings. The quantitative estimate of drug-likeness (QED) is 0.856. The zero-order valence-corrected chi connectivity index (χ0v) is 14.1. The Bertz CT molecular complexity index is 704. The number of ether oxygens (including phenoxy) is 2. The lowest BCUT2D eigenvalue weighted by atomic mass is 10.1. The molecule has 0 amide bonds. The number of rotatable bonds is 6. The Morgan fingerprint density at radius 1 is 1.35 bits per heavy atom. The first kappa shape index (κ1) is 16.5. The van der Waals surface area contributed by atoms with Crippen molar-refractivity contribution in [2.24, 2.45) is 0 Å². The Hall–Kier alpha value is -1.32. The van der Waals surface area contributed by atoms with E-state index in [9.17, 15) is 8.42 Å². The Morgan fingerprint density at radius 2 is 2.26 bits per heavy atom. The number of thiophene rings is 1. The van der Waals surface area contributed by atoms with Crippen LogP contribution in [0.3, 0.4) is 0 Å². The molecule has 0 saturated carbocycles. The number of nitrogens with zero attached hydrogens (tertiary/aromatic N) is 1. The Kier molecular flexibility index (Phi) is 5.39. The van der Waals surface area contributed by atoms with Crippen LogP contribution in [0.5, 0.6) is 0 Å². The summed E-state index contributed by atoms with van der Waals surface area (Å²) in [7, 11) is -3.52. The summed E-state index contributed by atoms with van der Waals surface area (Å²) in [6.07, 6.45) is 1.95. The van der Waals surface area contributed by atoms with Crippen LogP contribution in [0.2, 0.25) is 0 Å². The van der Waals surface area contributed by atoms with E-state index in [0.29, 0.717) is 30.5 Å². The molecule has 1 aliphatic rings. The van der Waals surface area contributed by atoms with E-state index in [2.05, 4.69) is 9.71 Å². The van der Waals surface area contributed by atoms with E-state index < -0.39 is 10.0 Å². The molecular formula is C15H18N2O4S2. The lowest BCUT2D eigenvalue weighted by Gasteiger charge is -2.31. The predicted molar refractivity (Wildman–Crippen MR) is 86.7 cm³/mol. The fraction of sp³-hybridized carbons (Fsp3) is 0.400. The van der Waals surface area contributed by atoms with Gasteiger partial charge in [-0.15, -0.1) is 11.3 Å². The third-order valence-electron chi connectivity index (χ3n) is 3.54. The Morgan fingerprint density at radius 3 is 3.00 bits per heavy atom. The highest BCUT2D eigenvalue weighted by Crippen LogP contribution is 2.20. The lowest BCUT2D eigenvalue weighted by molar-refractivity contribution is -0.0718. The molecule has 1 aliphatic heterocycles. The number of hydrogen-bond acceptors (Lipinski definition) is 6. The highest BCUT2D eigenvalue weighted by molar-refractivity contribution is 7.91. The van der Waals surface area contributed by atoms with Gasteiger partial charge in [0.25, 0.3) is 0 Å². The van der Waals surface area contributed by atoms with Gasteiger partial charge in [0.15, 0.2) is 0 Å². The van der Waals surface area contributed by atoms with Crippen LogP contribution in [0, 0.1) is 0 Å². The number of nitrogens with one attached hydrogen (secondary N) is 1. The minimum absolute atomic E-state index is 0.306. The predicted octanol–water partition coefficient (Wildman–Crippen LogP) is 1.80. The van der Waals surface area contributed by atoms with E-state index in [1.165, 1.54) is 11.3 Å². The summed E-state index contributed by atoms with van der Waals surface area (Å²) < 4.78 is 39.1. The van der Waals surface area contributed by atoms with Gasteiger partial charge in [-0.1, -0.05) is 12.1 Å². The maximum atomic E-state index is 12.4. The molecule has 0 aliphatic carbocycles. The molecule has 0 unspecified atom stereocenters. The molecule has 0 radical (unpaired) electrons. The van der Waals surface area contributed by atoms with Crippen molar-refractivity contribution in [2.75, 3.05) is 13.2 Å². The van der Waals surface area contributed by atoms with Gasteiger partial charge in [0.05, 0.1) is 31.1 Å². The smallest absolute Gasteiger partial charge is 0.250 e. The molecule has 2 aromatic heterocycles. The molecule has 8 heteroatoms. The van der Waals surface area contributed by atoms with Gasteiger partial charge in [-0.3, -0.25) is 4.98 Å². The standard InChI is InChI=1S/C15H18N2O4S2/c18-23(19,15-5-3-9-22-15)17-13-6-8-20-11-14(13)21-10-12-4-1-2-7-16-12/h1-5,7,9,13-14,17H,6,8,10-11H2/t13-,14-/m1/s1. The summed E-state index contributed by atoms with van der Waals surface area (Å²) in [6, 6.07) is 8.60. The summed E-state index contributed by atoms with van der Waals surface area (Å²) in [5, 5.41) is 1.74. The first-order valence-corrected chi connectivity index (χ1v) is 9.66. The molecule has 6 nitrogen and oxygen atoms in total. The highest BCUT2D eigenvalue weighted by Gasteiger charge is 2.31. The zero-order valence-electron chi connectivity index (χ0n) is 12.4. The van der Waals surface area contributed by atoms with Crippen molar-refractivity contribution < 1.29 is 17.9 Å². The number of sulfonamides is 1. The van der Waals surface area contributed by atoms with Crippen LogP contribution in [-0.2, 0) is 26.1 Å². The third kappa shape index (κ3) is 4.36. The Labute approximate surface area is 139 Å². The average Bonchev–Trinajstić information content (AvgIpc) is 3.10. The molecule has 0 spiro atoms. The van der Waals surface area contributed by atoms with Gasteiger partial charge in [-0.05, 0) is 30.0 Å². The van der Waals surface area contributed by atoms with E-state index in [1.54, 1.807) is 23.7 Å². The van der Waals surface area contributed by atoms with Crippen LogP contribution in [0.15, 0.2) is 46.1 Å². The number of hydrogen-bond donors (Lipinski definition) is 1. The van der Waals surface area contributed by atoms with Crippen molar-refractivity contribution in [3.8, 4) is 0 Å². The van der Waals surface area contributed by atoms with Crippen molar-refractivity contribution in [2.45, 2.75) is 29.4 Å². The second kappa shape index (κ2) is 7.50. The lowest BCUT2D eigenvalue weighted by Crippen LogP contribution is -2.49. The van der Waals surface area contributed by atoms with Gasteiger partial charge in [-0.25, -0.2) is 13.1 Å². The third-order valence-corrected chi connectivity index (χ3v) is 6.43. The van der Waals surface area contributed by atoms with E-state index in [4.69, 9.17) is 9.47 Å². The van der Waals surface area contributed by atoms with E-state index in [1.807, 2.05) is 18.2 Å². The van der Waals surface area contributed by atoms with Gasteiger partial charge in [-0.2, -0.15) is 0 Å².